The number of hydrogen-bond donors (Lipinski definition) is 2. The monoisotopic (exact) mass is 343 g/mol. The number of carbonyl (C=O) groups is 2. The van der Waals surface area contributed by atoms with Gasteiger partial charge < -0.3 is 10.4 Å². The Morgan fingerprint density at radius 2 is 2.21 bits per heavy atom. The lowest BCUT2D eigenvalue weighted by Crippen LogP contribution is -2.08. The summed E-state index contributed by atoms with van der Waals surface area (Å²) in [5, 5.41) is 16.8. The minimum absolute atomic E-state index is 0.0949. The SMILES string of the molecule is CC(=O)Nc1cc(C(=O)CSc2nc3ncccn3n2)ccc1O. The first-order valence-electron chi connectivity index (χ1n) is 6.97. The van der Waals surface area contributed by atoms with E-state index in [9.17, 15) is 14.7 Å². The number of hydrogen-bond acceptors (Lipinski definition) is 7. The number of anilines is 1. The quantitative estimate of drug-likeness (QED) is 0.413. The van der Waals surface area contributed by atoms with Crippen LogP contribution in [0.3, 0.4) is 0 Å². The Kier molecular flexibility index (Phi) is 4.43. The molecular weight excluding hydrogens is 330 g/mol. The summed E-state index contributed by atoms with van der Waals surface area (Å²) in [6.07, 6.45) is 3.34. The molecule has 0 spiro atoms. The third-order valence-electron chi connectivity index (χ3n) is 3.06. The standard InChI is InChI=1S/C15H13N5O3S/c1-9(21)17-11-7-10(3-4-12(11)22)13(23)8-24-15-18-14-16-5-2-6-20(14)19-15/h2-7,22H,8H2,1H3,(H,17,21). The van der Waals surface area contributed by atoms with Gasteiger partial charge in [0, 0.05) is 24.9 Å². The molecule has 0 bridgehead atoms. The normalized spacial score (nSPS) is 10.7. The van der Waals surface area contributed by atoms with Crippen LogP contribution in [0, 0.1) is 0 Å². The first-order chi connectivity index (χ1) is 11.5. The van der Waals surface area contributed by atoms with E-state index >= 15 is 0 Å². The highest BCUT2D eigenvalue weighted by molar-refractivity contribution is 7.99. The highest BCUT2D eigenvalue weighted by Gasteiger charge is 2.13. The maximum Gasteiger partial charge on any atom is 0.253 e. The first-order valence-corrected chi connectivity index (χ1v) is 7.95. The van der Waals surface area contributed by atoms with E-state index in [0.29, 0.717) is 16.5 Å². The molecule has 1 aromatic carbocycles. The van der Waals surface area contributed by atoms with Crippen molar-refractivity contribution in [2.45, 2.75) is 12.1 Å². The van der Waals surface area contributed by atoms with Crippen molar-refractivity contribution in [3.8, 4) is 5.75 Å². The van der Waals surface area contributed by atoms with Crippen molar-refractivity contribution in [1.29, 1.82) is 0 Å². The van der Waals surface area contributed by atoms with Gasteiger partial charge in [0.1, 0.15) is 5.75 Å². The highest BCUT2D eigenvalue weighted by Crippen LogP contribution is 2.25. The second kappa shape index (κ2) is 6.67. The van der Waals surface area contributed by atoms with Crippen LogP contribution in [0.2, 0.25) is 0 Å². The molecule has 0 fully saturated rings. The number of nitrogens with zero attached hydrogens (tertiary/aromatic N) is 4. The number of rotatable bonds is 5. The predicted octanol–water partition coefficient (Wildman–Crippen LogP) is 1.76. The molecule has 0 radical (unpaired) electrons. The molecule has 8 nitrogen and oxygen atoms in total. The molecule has 0 aliphatic rings. The number of thioether (sulfide) groups is 1. The molecule has 0 aliphatic carbocycles. The molecule has 0 saturated carbocycles. The smallest absolute Gasteiger partial charge is 0.253 e. The van der Waals surface area contributed by atoms with Gasteiger partial charge in [-0.3, -0.25) is 9.59 Å². The summed E-state index contributed by atoms with van der Waals surface area (Å²) in [5.74, 6) is -0.00198. The second-order valence-corrected chi connectivity index (χ2v) is 5.83. The molecule has 9 heteroatoms. The average molecular weight is 343 g/mol. The number of amides is 1. The van der Waals surface area contributed by atoms with E-state index in [-0.39, 0.29) is 28.9 Å². The molecular formula is C15H13N5O3S. The summed E-state index contributed by atoms with van der Waals surface area (Å²) in [6.45, 7) is 1.33. The van der Waals surface area contributed by atoms with Crippen LogP contribution >= 0.6 is 11.8 Å². The van der Waals surface area contributed by atoms with E-state index in [2.05, 4.69) is 20.4 Å². The van der Waals surface area contributed by atoms with Crippen molar-refractivity contribution in [3.63, 3.8) is 0 Å². The zero-order chi connectivity index (χ0) is 17.1. The molecule has 1 amide bonds. The molecule has 0 aliphatic heterocycles. The molecule has 0 saturated heterocycles. The Bertz CT molecular complexity index is 891. The summed E-state index contributed by atoms with van der Waals surface area (Å²) in [6, 6.07) is 6.05. The van der Waals surface area contributed by atoms with Crippen molar-refractivity contribution in [2.24, 2.45) is 0 Å². The van der Waals surface area contributed by atoms with Crippen LogP contribution in [0.5, 0.6) is 5.75 Å². The summed E-state index contributed by atoms with van der Waals surface area (Å²) in [4.78, 5) is 31.7. The third kappa shape index (κ3) is 3.51. The molecule has 0 unspecified atom stereocenters. The van der Waals surface area contributed by atoms with Gasteiger partial charge in [-0.15, -0.1) is 5.10 Å². The fraction of sp³-hybridized carbons (Fsp3) is 0.133. The number of fused-ring (bicyclic) bond motifs is 1. The van der Waals surface area contributed by atoms with Gasteiger partial charge in [-0.25, -0.2) is 9.50 Å². The van der Waals surface area contributed by atoms with Crippen LogP contribution in [-0.2, 0) is 4.79 Å². The molecule has 24 heavy (non-hydrogen) atoms. The average Bonchev–Trinajstić information content (AvgIpc) is 2.97. The molecule has 0 atom stereocenters. The van der Waals surface area contributed by atoms with Gasteiger partial charge in [-0.1, -0.05) is 11.8 Å². The summed E-state index contributed by atoms with van der Waals surface area (Å²) in [5.41, 5.74) is 0.583. The van der Waals surface area contributed by atoms with Gasteiger partial charge in [0.05, 0.1) is 11.4 Å². The lowest BCUT2D eigenvalue weighted by molar-refractivity contribution is -0.114. The minimum Gasteiger partial charge on any atom is -0.506 e. The molecule has 3 aromatic rings. The summed E-state index contributed by atoms with van der Waals surface area (Å²) >= 11 is 1.19. The molecule has 3 rings (SSSR count). The Morgan fingerprint density at radius 1 is 1.38 bits per heavy atom. The van der Waals surface area contributed by atoms with E-state index in [0.717, 1.165) is 0 Å². The first kappa shape index (κ1) is 15.9. The van der Waals surface area contributed by atoms with Crippen LogP contribution in [0.25, 0.3) is 5.78 Å². The molecule has 2 heterocycles. The van der Waals surface area contributed by atoms with Crippen molar-refractivity contribution in [2.75, 3.05) is 11.1 Å². The topological polar surface area (TPSA) is 109 Å². The van der Waals surface area contributed by atoms with Crippen LogP contribution in [-0.4, -0.2) is 42.1 Å². The number of carbonyl (C=O) groups excluding carboxylic acids is 2. The number of ketones is 1. The van der Waals surface area contributed by atoms with E-state index in [4.69, 9.17) is 0 Å². The molecule has 2 N–H and O–H groups in total. The number of aromatic hydroxyl groups is 1. The summed E-state index contributed by atoms with van der Waals surface area (Å²) in [7, 11) is 0. The maximum absolute atomic E-state index is 12.3. The van der Waals surface area contributed by atoms with Crippen molar-refractivity contribution in [3.05, 3.63) is 42.2 Å². The maximum atomic E-state index is 12.3. The molecule has 2 aromatic heterocycles. The molecule has 122 valence electrons. The van der Waals surface area contributed by atoms with Gasteiger partial charge >= 0.3 is 0 Å². The largest absolute Gasteiger partial charge is 0.506 e. The van der Waals surface area contributed by atoms with Crippen molar-refractivity contribution < 1.29 is 14.7 Å². The van der Waals surface area contributed by atoms with Gasteiger partial charge in [-0.05, 0) is 24.3 Å². The fourth-order valence-electron chi connectivity index (χ4n) is 1.99. The lowest BCUT2D eigenvalue weighted by Gasteiger charge is -2.07. The van der Waals surface area contributed by atoms with Gasteiger partial charge in [0.25, 0.3) is 5.78 Å². The van der Waals surface area contributed by atoms with E-state index in [1.807, 2.05) is 0 Å². The number of Topliss-reactive ketones (excluding diaryl/α,β-unsaturated/α-hetero) is 1. The second-order valence-electron chi connectivity index (χ2n) is 4.88. The highest BCUT2D eigenvalue weighted by atomic mass is 32.2. The summed E-state index contributed by atoms with van der Waals surface area (Å²) < 4.78 is 1.53. The van der Waals surface area contributed by atoms with Crippen LogP contribution in [0.4, 0.5) is 5.69 Å². The zero-order valence-electron chi connectivity index (χ0n) is 12.6. The van der Waals surface area contributed by atoms with Gasteiger partial charge in [-0.2, -0.15) is 4.98 Å². The number of phenols is 1. The van der Waals surface area contributed by atoms with Crippen molar-refractivity contribution in [1.82, 2.24) is 19.6 Å². The van der Waals surface area contributed by atoms with Gasteiger partial charge in [0.15, 0.2) is 5.78 Å². The Balaban J connectivity index is 1.71. The number of phenolic OH excluding ortho intramolecular Hbond substituents is 1. The van der Waals surface area contributed by atoms with Crippen LogP contribution in [0.1, 0.15) is 17.3 Å². The van der Waals surface area contributed by atoms with Crippen LogP contribution in [0.15, 0.2) is 41.8 Å². The number of aromatic nitrogens is 4. The predicted molar refractivity (Wildman–Crippen MR) is 88.2 cm³/mol. The zero-order valence-corrected chi connectivity index (χ0v) is 13.4. The van der Waals surface area contributed by atoms with E-state index in [1.54, 1.807) is 18.5 Å². The number of benzene rings is 1. The fourth-order valence-corrected chi connectivity index (χ4v) is 2.71. The number of nitrogens with one attached hydrogen (secondary N) is 1. The van der Waals surface area contributed by atoms with Crippen molar-refractivity contribution >= 4 is 34.9 Å². The third-order valence-corrected chi connectivity index (χ3v) is 3.90. The Morgan fingerprint density at radius 3 is 2.96 bits per heavy atom. The van der Waals surface area contributed by atoms with E-state index in [1.165, 1.54) is 41.4 Å². The van der Waals surface area contributed by atoms with Crippen LogP contribution < -0.4 is 5.32 Å². The van der Waals surface area contributed by atoms with Gasteiger partial charge in [0.2, 0.25) is 11.1 Å². The Labute approximate surface area is 140 Å². The lowest BCUT2D eigenvalue weighted by atomic mass is 10.1. The van der Waals surface area contributed by atoms with E-state index < -0.39 is 0 Å². The minimum atomic E-state index is -0.328. The Hall–Kier alpha value is -2.94.